The number of carbonyl (C=O) groups excluding carboxylic acids is 2. The average Bonchev–Trinajstić information content (AvgIpc) is 2.63. The van der Waals surface area contributed by atoms with Crippen LogP contribution in [0.3, 0.4) is 0 Å². The van der Waals surface area contributed by atoms with Gasteiger partial charge in [0.1, 0.15) is 5.60 Å². The largest absolute Gasteiger partial charge is 0.466 e. The van der Waals surface area contributed by atoms with Gasteiger partial charge in [-0.3, -0.25) is 0 Å². The zero-order chi connectivity index (χ0) is 19.9. The van der Waals surface area contributed by atoms with Crippen LogP contribution < -0.4 is 5.32 Å². The summed E-state index contributed by atoms with van der Waals surface area (Å²) in [6.07, 6.45) is 4.82. The van der Waals surface area contributed by atoms with E-state index < -0.39 is 5.60 Å². The highest BCUT2D eigenvalue weighted by atomic mass is 16.6. The van der Waals surface area contributed by atoms with Gasteiger partial charge in [0.2, 0.25) is 0 Å². The predicted molar refractivity (Wildman–Crippen MR) is 107 cm³/mol. The molecule has 0 unspecified atom stereocenters. The van der Waals surface area contributed by atoms with Gasteiger partial charge in [0, 0.05) is 31.4 Å². The molecule has 0 aromatic heterocycles. The van der Waals surface area contributed by atoms with E-state index >= 15 is 0 Å². The van der Waals surface area contributed by atoms with Crippen molar-refractivity contribution in [1.29, 1.82) is 0 Å². The highest BCUT2D eigenvalue weighted by Gasteiger charge is 2.26. The molecule has 0 atom stereocenters. The van der Waals surface area contributed by atoms with E-state index in [1.165, 1.54) is 13.2 Å². The zero-order valence-electron chi connectivity index (χ0n) is 16.7. The highest BCUT2D eigenvalue weighted by Crippen LogP contribution is 2.21. The maximum Gasteiger partial charge on any atom is 0.410 e. The second-order valence-electron chi connectivity index (χ2n) is 7.77. The van der Waals surface area contributed by atoms with Crippen molar-refractivity contribution in [3.8, 4) is 0 Å². The van der Waals surface area contributed by atoms with Crippen molar-refractivity contribution < 1.29 is 19.1 Å². The number of methoxy groups -OCH3 is 1. The van der Waals surface area contributed by atoms with Crippen LogP contribution >= 0.6 is 0 Å². The normalized spacial score (nSPS) is 15.6. The van der Waals surface area contributed by atoms with Crippen molar-refractivity contribution in [3.63, 3.8) is 0 Å². The van der Waals surface area contributed by atoms with E-state index in [0.717, 1.165) is 43.7 Å². The minimum Gasteiger partial charge on any atom is -0.466 e. The van der Waals surface area contributed by atoms with Crippen LogP contribution in [0.4, 0.5) is 10.5 Å². The molecule has 0 saturated carbocycles. The molecule has 0 bridgehead atoms. The Kier molecular flexibility index (Phi) is 7.28. The molecule has 6 nitrogen and oxygen atoms in total. The standard InChI is InChI=1S/C21H30N2O4/c1-21(2,3)27-20(25)23-12-10-17(11-13-23)15-22-18-7-5-6-16(14-18)8-9-19(24)26-4/h5-9,14,17,22H,10-13,15H2,1-4H3/b9-8+. The number of likely N-dealkylation sites (tertiary alicyclic amines) is 1. The first-order valence-corrected chi connectivity index (χ1v) is 9.35. The number of hydrogen-bond acceptors (Lipinski definition) is 5. The number of ether oxygens (including phenoxy) is 2. The minimum atomic E-state index is -0.456. The average molecular weight is 374 g/mol. The molecule has 1 aliphatic rings. The summed E-state index contributed by atoms with van der Waals surface area (Å²) in [7, 11) is 1.36. The molecular weight excluding hydrogens is 344 g/mol. The summed E-state index contributed by atoms with van der Waals surface area (Å²) in [6, 6.07) is 7.88. The van der Waals surface area contributed by atoms with Gasteiger partial charge in [-0.15, -0.1) is 0 Å². The SMILES string of the molecule is COC(=O)/C=C/c1cccc(NCC2CCN(C(=O)OC(C)(C)C)CC2)c1. The molecule has 1 saturated heterocycles. The van der Waals surface area contributed by atoms with Gasteiger partial charge in [-0.2, -0.15) is 0 Å². The van der Waals surface area contributed by atoms with Crippen LogP contribution in [0.2, 0.25) is 0 Å². The summed E-state index contributed by atoms with van der Waals surface area (Å²) < 4.78 is 10.0. The van der Waals surface area contributed by atoms with Crippen molar-refractivity contribution in [1.82, 2.24) is 4.90 Å². The molecule has 0 aliphatic carbocycles. The Hall–Kier alpha value is -2.50. The van der Waals surface area contributed by atoms with Crippen LogP contribution in [-0.4, -0.2) is 49.3 Å². The lowest BCUT2D eigenvalue weighted by molar-refractivity contribution is -0.134. The topological polar surface area (TPSA) is 67.9 Å². The molecule has 1 amide bonds. The Morgan fingerprint density at radius 1 is 1.26 bits per heavy atom. The number of nitrogens with one attached hydrogen (secondary N) is 1. The van der Waals surface area contributed by atoms with Gasteiger partial charge in [-0.05, 0) is 63.3 Å². The van der Waals surface area contributed by atoms with Gasteiger partial charge in [0.25, 0.3) is 0 Å². The van der Waals surface area contributed by atoms with Crippen molar-refractivity contribution in [2.45, 2.75) is 39.2 Å². The van der Waals surface area contributed by atoms with Gasteiger partial charge in [-0.25, -0.2) is 9.59 Å². The van der Waals surface area contributed by atoms with Crippen molar-refractivity contribution >= 4 is 23.8 Å². The van der Waals surface area contributed by atoms with E-state index in [0.29, 0.717) is 5.92 Å². The predicted octanol–water partition coefficient (Wildman–Crippen LogP) is 3.93. The summed E-state index contributed by atoms with van der Waals surface area (Å²) >= 11 is 0. The lowest BCUT2D eigenvalue weighted by Gasteiger charge is -2.33. The van der Waals surface area contributed by atoms with Crippen molar-refractivity contribution in [3.05, 3.63) is 35.9 Å². The van der Waals surface area contributed by atoms with E-state index in [1.54, 1.807) is 11.0 Å². The Labute approximate surface area is 161 Å². The molecule has 148 valence electrons. The molecule has 1 fully saturated rings. The third-order valence-corrected chi connectivity index (χ3v) is 4.36. The Morgan fingerprint density at radius 3 is 2.59 bits per heavy atom. The first-order valence-electron chi connectivity index (χ1n) is 9.35. The van der Waals surface area contributed by atoms with Crippen LogP contribution in [0.5, 0.6) is 0 Å². The summed E-state index contributed by atoms with van der Waals surface area (Å²) in [5.74, 6) is 0.142. The first kappa shape index (κ1) is 20.8. The molecule has 0 radical (unpaired) electrons. The molecule has 1 aliphatic heterocycles. The van der Waals surface area contributed by atoms with Crippen LogP contribution in [0.1, 0.15) is 39.2 Å². The number of hydrogen-bond donors (Lipinski definition) is 1. The Morgan fingerprint density at radius 2 is 1.96 bits per heavy atom. The number of nitrogens with zero attached hydrogens (tertiary/aromatic N) is 1. The van der Waals surface area contributed by atoms with Crippen LogP contribution in [0, 0.1) is 5.92 Å². The lowest BCUT2D eigenvalue weighted by atomic mass is 9.97. The number of esters is 1. The van der Waals surface area contributed by atoms with E-state index in [2.05, 4.69) is 10.1 Å². The number of amides is 1. The van der Waals surface area contributed by atoms with Gasteiger partial charge in [0.05, 0.1) is 7.11 Å². The fourth-order valence-corrected chi connectivity index (χ4v) is 2.89. The quantitative estimate of drug-likeness (QED) is 0.625. The molecule has 2 rings (SSSR count). The van der Waals surface area contributed by atoms with E-state index in [1.807, 2.05) is 45.0 Å². The third kappa shape index (κ3) is 7.33. The molecule has 6 heteroatoms. The fourth-order valence-electron chi connectivity index (χ4n) is 2.89. The molecule has 0 spiro atoms. The van der Waals surface area contributed by atoms with Gasteiger partial charge >= 0.3 is 12.1 Å². The molecule has 1 aromatic rings. The minimum absolute atomic E-state index is 0.223. The second-order valence-corrected chi connectivity index (χ2v) is 7.77. The molecule has 1 aromatic carbocycles. The monoisotopic (exact) mass is 374 g/mol. The van der Waals surface area contributed by atoms with Gasteiger partial charge < -0.3 is 19.7 Å². The first-order chi connectivity index (χ1) is 12.8. The number of benzene rings is 1. The maximum absolute atomic E-state index is 12.1. The third-order valence-electron chi connectivity index (χ3n) is 4.36. The van der Waals surface area contributed by atoms with Gasteiger partial charge in [-0.1, -0.05) is 12.1 Å². The zero-order valence-corrected chi connectivity index (χ0v) is 16.7. The fraction of sp³-hybridized carbons (Fsp3) is 0.524. The number of piperidine rings is 1. The van der Waals surface area contributed by atoms with Gasteiger partial charge in [0.15, 0.2) is 0 Å². The molecular formula is C21H30N2O4. The van der Waals surface area contributed by atoms with E-state index in [9.17, 15) is 9.59 Å². The molecule has 27 heavy (non-hydrogen) atoms. The number of anilines is 1. The summed E-state index contributed by atoms with van der Waals surface area (Å²) in [5.41, 5.74) is 1.49. The highest BCUT2D eigenvalue weighted by molar-refractivity contribution is 5.87. The second kappa shape index (κ2) is 9.44. The van der Waals surface area contributed by atoms with Crippen molar-refractivity contribution in [2.75, 3.05) is 32.1 Å². The van der Waals surface area contributed by atoms with Crippen LogP contribution in [-0.2, 0) is 14.3 Å². The molecule has 1 heterocycles. The smallest absolute Gasteiger partial charge is 0.410 e. The van der Waals surface area contributed by atoms with Crippen LogP contribution in [0.25, 0.3) is 6.08 Å². The lowest BCUT2D eigenvalue weighted by Crippen LogP contribution is -2.42. The van der Waals surface area contributed by atoms with Crippen molar-refractivity contribution in [2.24, 2.45) is 5.92 Å². The number of carbonyl (C=O) groups is 2. The van der Waals surface area contributed by atoms with Crippen LogP contribution in [0.15, 0.2) is 30.3 Å². The Bertz CT molecular complexity index is 671. The summed E-state index contributed by atoms with van der Waals surface area (Å²) in [6.45, 7) is 7.96. The summed E-state index contributed by atoms with van der Waals surface area (Å²) in [5, 5.41) is 3.45. The Balaban J connectivity index is 1.79. The summed E-state index contributed by atoms with van der Waals surface area (Å²) in [4.78, 5) is 25.1. The van der Waals surface area contributed by atoms with E-state index in [-0.39, 0.29) is 12.1 Å². The van der Waals surface area contributed by atoms with E-state index in [4.69, 9.17) is 4.74 Å². The molecule has 1 N–H and O–H groups in total. The number of rotatable bonds is 5. The maximum atomic E-state index is 12.1.